The lowest BCUT2D eigenvalue weighted by atomic mass is 10.2. The van der Waals surface area contributed by atoms with Gasteiger partial charge in [0, 0.05) is 11.1 Å². The Morgan fingerprint density at radius 3 is 2.25 bits per heavy atom. The van der Waals surface area contributed by atoms with Crippen LogP contribution in [0.1, 0.15) is 5.56 Å². The molecule has 0 fully saturated rings. The standard InChI is InChI=1S/C14H11N5O/c20-17-14(12-9-5-2-6-10-12)19-16-13(15-18-19)11-7-3-1-4-8-11/h1-10,20H. The van der Waals surface area contributed by atoms with Gasteiger partial charge in [0.25, 0.3) is 0 Å². The van der Waals surface area contributed by atoms with Crippen LogP contribution in [0.4, 0.5) is 0 Å². The summed E-state index contributed by atoms with van der Waals surface area (Å²) >= 11 is 0. The zero-order valence-corrected chi connectivity index (χ0v) is 10.5. The molecule has 1 aromatic heterocycles. The van der Waals surface area contributed by atoms with Gasteiger partial charge in [-0.05, 0) is 5.21 Å². The molecule has 0 aliphatic rings. The topological polar surface area (TPSA) is 76.2 Å². The van der Waals surface area contributed by atoms with Gasteiger partial charge in [0.15, 0.2) is 0 Å². The quantitative estimate of drug-likeness (QED) is 0.333. The van der Waals surface area contributed by atoms with Crippen molar-refractivity contribution in [3.05, 3.63) is 66.2 Å². The number of nitrogens with zero attached hydrogens (tertiary/aromatic N) is 5. The summed E-state index contributed by atoms with van der Waals surface area (Å²) in [6.45, 7) is 0. The average Bonchev–Trinajstić information content (AvgIpc) is 3.00. The number of oxime groups is 1. The highest BCUT2D eigenvalue weighted by Gasteiger charge is 2.12. The second kappa shape index (κ2) is 5.31. The Balaban J connectivity index is 1.98. The molecule has 0 aliphatic carbocycles. The first kappa shape index (κ1) is 12.0. The molecule has 98 valence electrons. The molecule has 0 saturated carbocycles. The van der Waals surface area contributed by atoms with E-state index >= 15 is 0 Å². The lowest BCUT2D eigenvalue weighted by molar-refractivity contribution is 0.315. The fraction of sp³-hybridized carbons (Fsp3) is 0. The van der Waals surface area contributed by atoms with Crippen molar-refractivity contribution >= 4 is 5.84 Å². The van der Waals surface area contributed by atoms with Gasteiger partial charge in [-0.3, -0.25) is 0 Å². The SMILES string of the molecule is ON=C(c1ccccc1)n1nnc(-c2ccccc2)n1. The fourth-order valence-corrected chi connectivity index (χ4v) is 1.81. The lowest BCUT2D eigenvalue weighted by Crippen LogP contribution is -2.17. The van der Waals surface area contributed by atoms with Crippen LogP contribution in [0.15, 0.2) is 65.8 Å². The van der Waals surface area contributed by atoms with Crippen molar-refractivity contribution in [1.82, 2.24) is 20.2 Å². The van der Waals surface area contributed by atoms with Crippen LogP contribution in [-0.4, -0.2) is 31.3 Å². The van der Waals surface area contributed by atoms with Crippen LogP contribution in [0.25, 0.3) is 11.4 Å². The van der Waals surface area contributed by atoms with E-state index in [1.54, 1.807) is 12.1 Å². The predicted octanol–water partition coefficient (Wildman–Crippen LogP) is 2.02. The van der Waals surface area contributed by atoms with Gasteiger partial charge in [-0.25, -0.2) is 0 Å². The highest BCUT2D eigenvalue weighted by molar-refractivity contribution is 5.98. The fourth-order valence-electron chi connectivity index (χ4n) is 1.81. The molecule has 3 aromatic rings. The van der Waals surface area contributed by atoms with Gasteiger partial charge in [-0.2, -0.15) is 0 Å². The summed E-state index contributed by atoms with van der Waals surface area (Å²) in [5, 5.41) is 24.5. The molecule has 0 atom stereocenters. The van der Waals surface area contributed by atoms with Gasteiger partial charge in [0.05, 0.1) is 0 Å². The molecule has 0 spiro atoms. The van der Waals surface area contributed by atoms with E-state index in [1.807, 2.05) is 48.5 Å². The number of hydrogen-bond acceptors (Lipinski definition) is 5. The molecule has 0 radical (unpaired) electrons. The maximum absolute atomic E-state index is 9.17. The van der Waals surface area contributed by atoms with E-state index < -0.39 is 0 Å². The van der Waals surface area contributed by atoms with Gasteiger partial charge in [-0.1, -0.05) is 65.8 Å². The molecular formula is C14H11N5O. The summed E-state index contributed by atoms with van der Waals surface area (Å²) in [5.41, 5.74) is 1.55. The third-order valence-corrected chi connectivity index (χ3v) is 2.76. The van der Waals surface area contributed by atoms with Gasteiger partial charge in [0.2, 0.25) is 11.7 Å². The van der Waals surface area contributed by atoms with E-state index in [9.17, 15) is 5.21 Å². The molecule has 3 rings (SSSR count). The lowest BCUT2D eigenvalue weighted by Gasteiger charge is -2.00. The van der Waals surface area contributed by atoms with Crippen LogP contribution in [-0.2, 0) is 0 Å². The Hall–Kier alpha value is -3.02. The minimum absolute atomic E-state index is 0.222. The molecule has 0 unspecified atom stereocenters. The van der Waals surface area contributed by atoms with Crippen LogP contribution < -0.4 is 0 Å². The minimum atomic E-state index is 0.222. The molecule has 6 heteroatoms. The van der Waals surface area contributed by atoms with Crippen LogP contribution >= 0.6 is 0 Å². The maximum Gasteiger partial charge on any atom is 0.221 e. The van der Waals surface area contributed by atoms with Gasteiger partial charge < -0.3 is 5.21 Å². The maximum atomic E-state index is 9.17. The van der Waals surface area contributed by atoms with Crippen LogP contribution in [0, 0.1) is 0 Å². The molecular weight excluding hydrogens is 254 g/mol. The van der Waals surface area contributed by atoms with Gasteiger partial charge >= 0.3 is 0 Å². The average molecular weight is 265 g/mol. The summed E-state index contributed by atoms with van der Waals surface area (Å²) in [6, 6.07) is 18.7. The van der Waals surface area contributed by atoms with Crippen molar-refractivity contribution in [2.24, 2.45) is 5.16 Å². The molecule has 1 N–H and O–H groups in total. The Kier molecular flexibility index (Phi) is 3.20. The van der Waals surface area contributed by atoms with E-state index in [2.05, 4.69) is 20.6 Å². The third-order valence-electron chi connectivity index (χ3n) is 2.76. The van der Waals surface area contributed by atoms with E-state index in [0.717, 1.165) is 5.56 Å². The monoisotopic (exact) mass is 265 g/mol. The van der Waals surface area contributed by atoms with Crippen LogP contribution in [0.3, 0.4) is 0 Å². The van der Waals surface area contributed by atoms with E-state index in [0.29, 0.717) is 11.4 Å². The summed E-state index contributed by atoms with van der Waals surface area (Å²) < 4.78 is 0. The first-order valence-corrected chi connectivity index (χ1v) is 6.02. The number of rotatable bonds is 2. The smallest absolute Gasteiger partial charge is 0.221 e. The number of aromatic nitrogens is 4. The minimum Gasteiger partial charge on any atom is -0.409 e. The number of benzene rings is 2. The summed E-state index contributed by atoms with van der Waals surface area (Å²) in [4.78, 5) is 1.21. The zero-order chi connectivity index (χ0) is 13.8. The van der Waals surface area contributed by atoms with Crippen LogP contribution in [0.5, 0.6) is 0 Å². The van der Waals surface area contributed by atoms with Gasteiger partial charge in [0.1, 0.15) is 0 Å². The van der Waals surface area contributed by atoms with Gasteiger partial charge in [-0.15, -0.1) is 15.0 Å². The van der Waals surface area contributed by atoms with Crippen molar-refractivity contribution in [2.45, 2.75) is 0 Å². The molecule has 1 heterocycles. The third kappa shape index (κ3) is 2.26. The van der Waals surface area contributed by atoms with Crippen molar-refractivity contribution in [3.8, 4) is 11.4 Å². The molecule has 2 aromatic carbocycles. The number of tetrazole rings is 1. The Morgan fingerprint density at radius 1 is 0.950 bits per heavy atom. The summed E-state index contributed by atoms with van der Waals surface area (Å²) in [7, 11) is 0. The first-order valence-electron chi connectivity index (χ1n) is 6.02. The normalized spacial score (nSPS) is 11.5. The second-order valence-corrected chi connectivity index (χ2v) is 4.06. The Morgan fingerprint density at radius 2 is 1.60 bits per heavy atom. The zero-order valence-electron chi connectivity index (χ0n) is 10.5. The molecule has 0 aliphatic heterocycles. The van der Waals surface area contributed by atoms with Crippen molar-refractivity contribution in [3.63, 3.8) is 0 Å². The largest absolute Gasteiger partial charge is 0.409 e. The van der Waals surface area contributed by atoms with Crippen molar-refractivity contribution in [1.29, 1.82) is 0 Å². The van der Waals surface area contributed by atoms with E-state index in [4.69, 9.17) is 0 Å². The highest BCUT2D eigenvalue weighted by Crippen LogP contribution is 2.12. The molecule has 0 amide bonds. The predicted molar refractivity (Wildman–Crippen MR) is 73.4 cm³/mol. The highest BCUT2D eigenvalue weighted by atomic mass is 16.4. The number of hydrogen-bond donors (Lipinski definition) is 1. The van der Waals surface area contributed by atoms with Crippen molar-refractivity contribution in [2.75, 3.05) is 0 Å². The molecule has 0 saturated heterocycles. The Bertz CT molecular complexity index is 722. The second-order valence-electron chi connectivity index (χ2n) is 4.06. The van der Waals surface area contributed by atoms with E-state index in [-0.39, 0.29) is 5.84 Å². The van der Waals surface area contributed by atoms with Crippen molar-refractivity contribution < 1.29 is 5.21 Å². The molecule has 20 heavy (non-hydrogen) atoms. The Labute approximate surface area is 115 Å². The van der Waals surface area contributed by atoms with Crippen LogP contribution in [0.2, 0.25) is 0 Å². The summed E-state index contributed by atoms with van der Waals surface area (Å²) in [5.74, 6) is 0.697. The first-order chi connectivity index (χ1) is 9.88. The molecule has 6 nitrogen and oxygen atoms in total. The summed E-state index contributed by atoms with van der Waals surface area (Å²) in [6.07, 6.45) is 0. The van der Waals surface area contributed by atoms with E-state index in [1.165, 1.54) is 4.80 Å². The molecule has 0 bridgehead atoms.